The average Bonchev–Trinajstić information content (AvgIpc) is 2.17. The lowest BCUT2D eigenvalue weighted by atomic mass is 10.2. The standard InChI is InChI=1S/C8H17NO/c10-8-7-9-5-3-1-2-4-6-9/h10H,1-8H2. The van der Waals surface area contributed by atoms with Crippen LogP contribution in [0.4, 0.5) is 0 Å². The minimum atomic E-state index is 0.319. The van der Waals surface area contributed by atoms with Crippen LogP contribution < -0.4 is 0 Å². The van der Waals surface area contributed by atoms with E-state index >= 15 is 0 Å². The Morgan fingerprint density at radius 3 is 2.10 bits per heavy atom. The minimum Gasteiger partial charge on any atom is -0.395 e. The van der Waals surface area contributed by atoms with Crippen LogP contribution in [-0.4, -0.2) is 36.2 Å². The fourth-order valence-electron chi connectivity index (χ4n) is 1.50. The normalized spacial score (nSPS) is 22.5. The van der Waals surface area contributed by atoms with E-state index in [4.69, 9.17) is 5.11 Å². The van der Waals surface area contributed by atoms with E-state index in [1.54, 1.807) is 0 Å². The molecule has 1 rings (SSSR count). The molecule has 0 aromatic carbocycles. The summed E-state index contributed by atoms with van der Waals surface area (Å²) >= 11 is 0. The molecule has 0 saturated carbocycles. The Morgan fingerprint density at radius 2 is 1.60 bits per heavy atom. The summed E-state index contributed by atoms with van der Waals surface area (Å²) in [4.78, 5) is 2.35. The van der Waals surface area contributed by atoms with Gasteiger partial charge in [-0.05, 0) is 25.9 Å². The molecule has 0 atom stereocenters. The summed E-state index contributed by atoms with van der Waals surface area (Å²) in [6.45, 7) is 3.58. The van der Waals surface area contributed by atoms with Gasteiger partial charge in [-0.25, -0.2) is 0 Å². The van der Waals surface area contributed by atoms with Gasteiger partial charge in [0, 0.05) is 6.54 Å². The van der Waals surface area contributed by atoms with E-state index < -0.39 is 0 Å². The third kappa shape index (κ3) is 2.67. The van der Waals surface area contributed by atoms with E-state index in [-0.39, 0.29) is 0 Å². The molecule has 2 heteroatoms. The third-order valence-electron chi connectivity index (χ3n) is 2.11. The van der Waals surface area contributed by atoms with Crippen molar-refractivity contribution in [3.8, 4) is 0 Å². The molecule has 0 aromatic heterocycles. The molecule has 1 aliphatic heterocycles. The number of likely N-dealkylation sites (tertiary alicyclic amines) is 1. The molecule has 10 heavy (non-hydrogen) atoms. The molecule has 1 saturated heterocycles. The zero-order valence-electron chi connectivity index (χ0n) is 6.55. The number of aliphatic hydroxyl groups excluding tert-OH is 1. The van der Waals surface area contributed by atoms with E-state index in [0.717, 1.165) is 6.54 Å². The number of hydrogen-bond acceptors (Lipinski definition) is 2. The lowest BCUT2D eigenvalue weighted by molar-refractivity contribution is 0.200. The third-order valence-corrected chi connectivity index (χ3v) is 2.11. The van der Waals surface area contributed by atoms with Gasteiger partial charge in [-0.2, -0.15) is 0 Å². The Balaban J connectivity index is 2.15. The Bertz CT molecular complexity index is 77.3. The lowest BCUT2D eigenvalue weighted by Gasteiger charge is -2.17. The SMILES string of the molecule is OCCN1CCCCCC1. The van der Waals surface area contributed by atoms with E-state index in [0.29, 0.717) is 6.61 Å². The molecule has 0 spiro atoms. The van der Waals surface area contributed by atoms with Crippen LogP contribution in [0.1, 0.15) is 25.7 Å². The van der Waals surface area contributed by atoms with Gasteiger partial charge in [0.15, 0.2) is 0 Å². The Labute approximate surface area is 62.8 Å². The van der Waals surface area contributed by atoms with Crippen molar-refractivity contribution in [1.29, 1.82) is 0 Å². The van der Waals surface area contributed by atoms with Crippen molar-refractivity contribution in [2.24, 2.45) is 0 Å². The largest absolute Gasteiger partial charge is 0.395 e. The quantitative estimate of drug-likeness (QED) is 0.619. The monoisotopic (exact) mass is 143 g/mol. The highest BCUT2D eigenvalue weighted by molar-refractivity contribution is 4.61. The fraction of sp³-hybridized carbons (Fsp3) is 1.00. The van der Waals surface area contributed by atoms with Crippen LogP contribution in [0.5, 0.6) is 0 Å². The smallest absolute Gasteiger partial charge is 0.0558 e. The second-order valence-electron chi connectivity index (χ2n) is 2.98. The zero-order chi connectivity index (χ0) is 7.23. The molecule has 60 valence electrons. The Hall–Kier alpha value is -0.0800. The van der Waals surface area contributed by atoms with Crippen molar-refractivity contribution in [3.63, 3.8) is 0 Å². The van der Waals surface area contributed by atoms with Crippen molar-refractivity contribution in [2.45, 2.75) is 25.7 Å². The molecule has 0 radical (unpaired) electrons. The first-order chi connectivity index (χ1) is 4.93. The van der Waals surface area contributed by atoms with Gasteiger partial charge >= 0.3 is 0 Å². The van der Waals surface area contributed by atoms with Crippen LogP contribution in [0.2, 0.25) is 0 Å². The van der Waals surface area contributed by atoms with Gasteiger partial charge in [0.25, 0.3) is 0 Å². The van der Waals surface area contributed by atoms with Crippen molar-refractivity contribution in [1.82, 2.24) is 4.90 Å². The summed E-state index contributed by atoms with van der Waals surface area (Å²) in [5.74, 6) is 0. The summed E-state index contributed by atoms with van der Waals surface area (Å²) in [7, 11) is 0. The zero-order valence-corrected chi connectivity index (χ0v) is 6.55. The van der Waals surface area contributed by atoms with E-state index in [1.807, 2.05) is 0 Å². The molecule has 0 aliphatic carbocycles. The second-order valence-corrected chi connectivity index (χ2v) is 2.98. The first kappa shape index (κ1) is 8.02. The van der Waals surface area contributed by atoms with Gasteiger partial charge in [-0.3, -0.25) is 0 Å². The number of nitrogens with zero attached hydrogens (tertiary/aromatic N) is 1. The highest BCUT2D eigenvalue weighted by atomic mass is 16.3. The van der Waals surface area contributed by atoms with Gasteiger partial charge in [0.05, 0.1) is 6.61 Å². The van der Waals surface area contributed by atoms with E-state index in [2.05, 4.69) is 4.90 Å². The number of β-amino-alcohol motifs (C(OH)–C–C–N with tert-alkyl or cyclic N) is 1. The Kier molecular flexibility index (Phi) is 3.76. The maximum Gasteiger partial charge on any atom is 0.0558 e. The number of rotatable bonds is 2. The van der Waals surface area contributed by atoms with Crippen LogP contribution in [0.25, 0.3) is 0 Å². The second kappa shape index (κ2) is 4.69. The molecule has 0 aromatic rings. The summed E-state index contributed by atoms with van der Waals surface area (Å²) in [5, 5.41) is 8.67. The molecular formula is C8H17NO. The first-order valence-corrected chi connectivity index (χ1v) is 4.26. The molecule has 0 unspecified atom stereocenters. The summed E-state index contributed by atoms with van der Waals surface area (Å²) in [6.07, 6.45) is 5.39. The highest BCUT2D eigenvalue weighted by Gasteiger charge is 2.06. The molecule has 1 heterocycles. The van der Waals surface area contributed by atoms with Crippen LogP contribution in [0, 0.1) is 0 Å². The molecule has 0 bridgehead atoms. The van der Waals surface area contributed by atoms with Crippen LogP contribution in [0.3, 0.4) is 0 Å². The van der Waals surface area contributed by atoms with Gasteiger partial charge in [0.2, 0.25) is 0 Å². The van der Waals surface area contributed by atoms with Crippen LogP contribution in [-0.2, 0) is 0 Å². The topological polar surface area (TPSA) is 23.5 Å². The lowest BCUT2D eigenvalue weighted by Crippen LogP contribution is -2.27. The maximum absolute atomic E-state index is 8.67. The van der Waals surface area contributed by atoms with E-state index in [1.165, 1.54) is 38.8 Å². The minimum absolute atomic E-state index is 0.319. The van der Waals surface area contributed by atoms with Crippen LogP contribution >= 0.6 is 0 Å². The van der Waals surface area contributed by atoms with Crippen molar-refractivity contribution < 1.29 is 5.11 Å². The van der Waals surface area contributed by atoms with Crippen molar-refractivity contribution in [2.75, 3.05) is 26.2 Å². The molecule has 1 aliphatic rings. The summed E-state index contributed by atoms with van der Waals surface area (Å²) < 4.78 is 0. The molecule has 0 amide bonds. The molecular weight excluding hydrogens is 126 g/mol. The fourth-order valence-corrected chi connectivity index (χ4v) is 1.50. The molecule has 1 N–H and O–H groups in total. The van der Waals surface area contributed by atoms with Crippen LogP contribution in [0.15, 0.2) is 0 Å². The molecule has 1 fully saturated rings. The van der Waals surface area contributed by atoms with Gasteiger partial charge in [-0.15, -0.1) is 0 Å². The van der Waals surface area contributed by atoms with Gasteiger partial charge < -0.3 is 10.0 Å². The number of hydrogen-bond donors (Lipinski definition) is 1. The van der Waals surface area contributed by atoms with Crippen molar-refractivity contribution >= 4 is 0 Å². The highest BCUT2D eigenvalue weighted by Crippen LogP contribution is 2.08. The van der Waals surface area contributed by atoms with Gasteiger partial charge in [0.1, 0.15) is 0 Å². The summed E-state index contributed by atoms with van der Waals surface area (Å²) in [6, 6.07) is 0. The average molecular weight is 143 g/mol. The predicted octanol–water partition coefficient (Wildman–Crippen LogP) is 0.855. The number of aliphatic hydroxyl groups is 1. The van der Waals surface area contributed by atoms with E-state index in [9.17, 15) is 0 Å². The maximum atomic E-state index is 8.67. The first-order valence-electron chi connectivity index (χ1n) is 4.26. The predicted molar refractivity (Wildman–Crippen MR) is 42.0 cm³/mol. The summed E-state index contributed by atoms with van der Waals surface area (Å²) in [5.41, 5.74) is 0. The molecule has 2 nitrogen and oxygen atoms in total. The Morgan fingerprint density at radius 1 is 1.00 bits per heavy atom. The van der Waals surface area contributed by atoms with Crippen molar-refractivity contribution in [3.05, 3.63) is 0 Å². The van der Waals surface area contributed by atoms with Gasteiger partial charge in [-0.1, -0.05) is 12.8 Å².